The third-order valence-electron chi connectivity index (χ3n) is 5.32. The molecule has 2 aromatic rings. The Morgan fingerprint density at radius 2 is 1.93 bits per heavy atom. The highest BCUT2D eigenvalue weighted by molar-refractivity contribution is 5.85. The van der Waals surface area contributed by atoms with E-state index in [1.807, 2.05) is 42.5 Å². The smallest absolute Gasteiger partial charge is 0.406 e. The molecule has 1 N–H and O–H groups in total. The summed E-state index contributed by atoms with van der Waals surface area (Å²) in [5.74, 6) is -0.352. The quantitative estimate of drug-likeness (QED) is 0.722. The molecule has 30 heavy (non-hydrogen) atoms. The Balaban J connectivity index is 0.00000256. The van der Waals surface area contributed by atoms with Crippen molar-refractivity contribution in [3.8, 4) is 11.8 Å². The summed E-state index contributed by atoms with van der Waals surface area (Å²) in [6, 6.07) is 15.6. The van der Waals surface area contributed by atoms with E-state index < -0.39 is 12.0 Å². The van der Waals surface area contributed by atoms with E-state index >= 15 is 0 Å². The minimum absolute atomic E-state index is 0. The number of benzene rings is 2. The predicted octanol–water partition coefficient (Wildman–Crippen LogP) is 5.16. The summed E-state index contributed by atoms with van der Waals surface area (Å²) in [7, 11) is 0. The van der Waals surface area contributed by atoms with Gasteiger partial charge in [0.2, 0.25) is 0 Å². The van der Waals surface area contributed by atoms with Gasteiger partial charge >= 0.3 is 6.36 Å². The average Bonchev–Trinajstić information content (AvgIpc) is 3.12. The normalized spacial score (nSPS) is 23.4. The van der Waals surface area contributed by atoms with Gasteiger partial charge in [0.1, 0.15) is 11.4 Å². The summed E-state index contributed by atoms with van der Waals surface area (Å²) in [4.78, 5) is 0. The molecule has 158 valence electrons. The van der Waals surface area contributed by atoms with Crippen molar-refractivity contribution in [3.05, 3.63) is 71.3 Å². The number of hydrogen-bond acceptors (Lipinski definition) is 4. The van der Waals surface area contributed by atoms with Crippen LogP contribution in [0.5, 0.6) is 5.75 Å². The van der Waals surface area contributed by atoms with Crippen molar-refractivity contribution in [1.82, 2.24) is 5.32 Å². The van der Waals surface area contributed by atoms with Gasteiger partial charge in [0, 0.05) is 5.56 Å². The lowest BCUT2D eigenvalue weighted by atomic mass is 9.81. The monoisotopic (exact) mass is 436 g/mol. The number of rotatable bonds is 3. The van der Waals surface area contributed by atoms with Crippen molar-refractivity contribution in [3.63, 3.8) is 0 Å². The third kappa shape index (κ3) is 4.46. The second-order valence-corrected chi connectivity index (χ2v) is 7.18. The Bertz CT molecular complexity index is 973. The van der Waals surface area contributed by atoms with Gasteiger partial charge in [-0.25, -0.2) is 0 Å². The number of alkyl halides is 3. The molecule has 0 unspecified atom stereocenters. The highest BCUT2D eigenvalue weighted by Crippen LogP contribution is 2.44. The molecule has 0 aliphatic carbocycles. The van der Waals surface area contributed by atoms with Crippen LogP contribution in [-0.4, -0.2) is 25.1 Å². The van der Waals surface area contributed by atoms with Gasteiger partial charge in [-0.15, -0.1) is 25.6 Å². The van der Waals surface area contributed by atoms with Crippen LogP contribution in [0.4, 0.5) is 13.2 Å². The Morgan fingerprint density at radius 3 is 2.63 bits per heavy atom. The molecule has 2 heterocycles. The van der Waals surface area contributed by atoms with E-state index in [-0.39, 0.29) is 36.4 Å². The van der Waals surface area contributed by atoms with Crippen LogP contribution in [0.2, 0.25) is 0 Å². The van der Waals surface area contributed by atoms with E-state index in [9.17, 15) is 18.4 Å². The number of piperidine rings is 1. The fourth-order valence-electron chi connectivity index (χ4n) is 4.11. The van der Waals surface area contributed by atoms with Gasteiger partial charge in [-0.1, -0.05) is 30.3 Å². The topological polar surface area (TPSA) is 54.3 Å². The standard InChI is InChI=1S/C22H19F3N2O2.ClH/c23-22(24,25)29-18-8-7-16(13-26)19(11-18)17-12-21(28-14-17)9-4-10-27-20(21)15-5-2-1-3-6-15;/h1-3,5-8,11-12,20,27H,4,9-10,14H2;1H/t20-,21+;/m0./s1. The maximum absolute atomic E-state index is 12.6. The van der Waals surface area contributed by atoms with E-state index in [2.05, 4.69) is 10.1 Å². The Kier molecular flexibility index (Phi) is 6.41. The Morgan fingerprint density at radius 1 is 1.17 bits per heavy atom. The van der Waals surface area contributed by atoms with Gasteiger partial charge in [0.15, 0.2) is 0 Å². The van der Waals surface area contributed by atoms with Crippen molar-refractivity contribution in [1.29, 1.82) is 5.26 Å². The van der Waals surface area contributed by atoms with Crippen LogP contribution >= 0.6 is 12.4 Å². The summed E-state index contributed by atoms with van der Waals surface area (Å²) in [6.45, 7) is 1.07. The molecule has 2 aromatic carbocycles. The number of halogens is 4. The Labute approximate surface area is 178 Å². The lowest BCUT2D eigenvalue weighted by Crippen LogP contribution is -2.47. The van der Waals surface area contributed by atoms with Gasteiger partial charge in [-0.05, 0) is 54.8 Å². The van der Waals surface area contributed by atoms with E-state index in [0.29, 0.717) is 11.1 Å². The van der Waals surface area contributed by atoms with Gasteiger partial charge in [-0.2, -0.15) is 5.26 Å². The molecule has 2 atom stereocenters. The molecule has 1 saturated heterocycles. The van der Waals surface area contributed by atoms with E-state index in [0.717, 1.165) is 31.0 Å². The summed E-state index contributed by atoms with van der Waals surface area (Å²) in [6.07, 6.45) is -1.14. The second kappa shape index (κ2) is 8.68. The Hall–Kier alpha value is -2.53. The van der Waals surface area contributed by atoms with Gasteiger partial charge in [0.25, 0.3) is 0 Å². The summed E-state index contributed by atoms with van der Waals surface area (Å²) in [5.41, 5.74) is 1.86. The fraction of sp³-hybridized carbons (Fsp3) is 0.318. The van der Waals surface area contributed by atoms with Crippen molar-refractivity contribution in [2.75, 3.05) is 13.2 Å². The molecule has 0 bridgehead atoms. The molecule has 4 rings (SSSR count). The number of nitriles is 1. The first-order valence-corrected chi connectivity index (χ1v) is 9.34. The number of ether oxygens (including phenoxy) is 2. The zero-order chi connectivity index (χ0) is 20.5. The van der Waals surface area contributed by atoms with Crippen LogP contribution in [0, 0.1) is 11.3 Å². The van der Waals surface area contributed by atoms with Gasteiger partial charge < -0.3 is 14.8 Å². The van der Waals surface area contributed by atoms with Crippen LogP contribution in [-0.2, 0) is 4.74 Å². The van der Waals surface area contributed by atoms with Crippen LogP contribution < -0.4 is 10.1 Å². The van der Waals surface area contributed by atoms with Crippen molar-refractivity contribution < 1.29 is 22.6 Å². The molecule has 0 radical (unpaired) electrons. The minimum Gasteiger partial charge on any atom is -0.406 e. The minimum atomic E-state index is -4.79. The summed E-state index contributed by atoms with van der Waals surface area (Å²) in [5, 5.41) is 12.9. The maximum Gasteiger partial charge on any atom is 0.573 e. The molecule has 4 nitrogen and oxygen atoms in total. The SMILES string of the molecule is Cl.N#Cc1ccc(OC(F)(F)F)cc1C1=C[C@@]2(CCCN[C@H]2c2ccccc2)OC1. The van der Waals surface area contributed by atoms with Gasteiger partial charge in [0.05, 0.1) is 24.3 Å². The zero-order valence-corrected chi connectivity index (χ0v) is 16.7. The first-order chi connectivity index (χ1) is 13.9. The van der Waals surface area contributed by atoms with E-state index in [4.69, 9.17) is 4.74 Å². The summed E-state index contributed by atoms with van der Waals surface area (Å²) >= 11 is 0. The molecular weight excluding hydrogens is 417 g/mol. The predicted molar refractivity (Wildman–Crippen MR) is 108 cm³/mol. The molecular formula is C22H20ClF3N2O2. The fourth-order valence-corrected chi connectivity index (χ4v) is 4.11. The van der Waals surface area contributed by atoms with Crippen molar-refractivity contribution >= 4 is 18.0 Å². The van der Waals surface area contributed by atoms with Gasteiger partial charge in [-0.3, -0.25) is 0 Å². The summed E-state index contributed by atoms with van der Waals surface area (Å²) < 4.78 is 48.1. The first-order valence-electron chi connectivity index (χ1n) is 9.34. The van der Waals surface area contributed by atoms with Crippen LogP contribution in [0.1, 0.15) is 35.6 Å². The third-order valence-corrected chi connectivity index (χ3v) is 5.32. The number of nitrogens with one attached hydrogen (secondary N) is 1. The first kappa shape index (κ1) is 22.2. The molecule has 0 aromatic heterocycles. The largest absolute Gasteiger partial charge is 0.573 e. The molecule has 1 fully saturated rings. The average molecular weight is 437 g/mol. The molecule has 1 spiro atoms. The van der Waals surface area contributed by atoms with Crippen LogP contribution in [0.25, 0.3) is 5.57 Å². The highest BCUT2D eigenvalue weighted by atomic mass is 35.5. The highest BCUT2D eigenvalue weighted by Gasteiger charge is 2.44. The number of nitrogens with zero attached hydrogens (tertiary/aromatic N) is 1. The molecule has 8 heteroatoms. The lowest BCUT2D eigenvalue weighted by Gasteiger charge is -2.40. The van der Waals surface area contributed by atoms with E-state index in [1.54, 1.807) is 0 Å². The van der Waals surface area contributed by atoms with Crippen molar-refractivity contribution in [2.45, 2.75) is 30.8 Å². The molecule has 0 saturated carbocycles. The van der Waals surface area contributed by atoms with Crippen molar-refractivity contribution in [2.24, 2.45) is 0 Å². The van der Waals surface area contributed by atoms with Crippen LogP contribution in [0.3, 0.4) is 0 Å². The number of hydrogen-bond donors (Lipinski definition) is 1. The molecule has 2 aliphatic heterocycles. The zero-order valence-electron chi connectivity index (χ0n) is 15.9. The lowest BCUT2D eigenvalue weighted by molar-refractivity contribution is -0.274. The van der Waals surface area contributed by atoms with E-state index in [1.165, 1.54) is 12.1 Å². The second-order valence-electron chi connectivity index (χ2n) is 7.18. The maximum atomic E-state index is 12.6. The van der Waals surface area contributed by atoms with Crippen LogP contribution in [0.15, 0.2) is 54.6 Å². The molecule has 0 amide bonds. The molecule has 2 aliphatic rings.